The van der Waals surface area contributed by atoms with Crippen LogP contribution in [-0.2, 0) is 4.79 Å². The molecule has 0 fully saturated rings. The zero-order valence-electron chi connectivity index (χ0n) is 13.5. The van der Waals surface area contributed by atoms with Gasteiger partial charge in [0.25, 0.3) is 0 Å². The summed E-state index contributed by atoms with van der Waals surface area (Å²) in [5, 5.41) is 3.36. The molecule has 124 valence electrons. The van der Waals surface area contributed by atoms with E-state index in [1.54, 1.807) is 48.5 Å². The van der Waals surface area contributed by atoms with Crippen molar-refractivity contribution in [3.05, 3.63) is 82.2 Å². The maximum atomic E-state index is 12.3. The molecule has 25 heavy (non-hydrogen) atoms. The number of hydrogen-bond donors (Lipinski definition) is 1. The molecule has 0 saturated heterocycles. The smallest absolute Gasteiger partial charge is 0.347 e. The van der Waals surface area contributed by atoms with Gasteiger partial charge in [-0.3, -0.25) is 9.59 Å². The van der Waals surface area contributed by atoms with Crippen LogP contribution in [0.1, 0.15) is 22.8 Å². The Morgan fingerprint density at radius 2 is 1.76 bits per heavy atom. The predicted molar refractivity (Wildman–Crippen MR) is 96.6 cm³/mol. The van der Waals surface area contributed by atoms with Crippen LogP contribution in [0.5, 0.6) is 0 Å². The molecule has 0 saturated carbocycles. The van der Waals surface area contributed by atoms with Crippen molar-refractivity contribution in [1.82, 2.24) is 0 Å². The first-order valence-corrected chi connectivity index (χ1v) is 7.66. The molecule has 1 N–H and O–H groups in total. The van der Waals surface area contributed by atoms with Gasteiger partial charge >= 0.3 is 5.63 Å². The molecule has 1 heterocycles. The van der Waals surface area contributed by atoms with E-state index in [0.717, 1.165) is 5.56 Å². The van der Waals surface area contributed by atoms with Gasteiger partial charge in [-0.1, -0.05) is 36.4 Å². The Hall–Kier alpha value is -3.47. The number of rotatable bonds is 4. The average Bonchev–Trinajstić information content (AvgIpc) is 2.60. The summed E-state index contributed by atoms with van der Waals surface area (Å²) < 4.78 is 5.17. The Labute approximate surface area is 143 Å². The van der Waals surface area contributed by atoms with Crippen molar-refractivity contribution < 1.29 is 14.0 Å². The molecule has 3 rings (SSSR count). The largest absolute Gasteiger partial charge is 0.422 e. The van der Waals surface area contributed by atoms with Crippen LogP contribution in [-0.4, -0.2) is 11.7 Å². The highest BCUT2D eigenvalue weighted by Crippen LogP contribution is 2.14. The summed E-state index contributed by atoms with van der Waals surface area (Å²) in [6.45, 7) is 1.43. The normalized spacial score (nSPS) is 10.9. The number of ketones is 1. The molecule has 0 aliphatic rings. The third-order valence-electron chi connectivity index (χ3n) is 3.57. The zero-order chi connectivity index (χ0) is 17.8. The lowest BCUT2D eigenvalue weighted by atomic mass is 10.1. The molecule has 1 aromatic heterocycles. The van der Waals surface area contributed by atoms with Crippen LogP contribution in [0.3, 0.4) is 0 Å². The number of carbonyl (C=O) groups excluding carboxylic acids is 2. The lowest BCUT2D eigenvalue weighted by Gasteiger charge is -2.01. The fourth-order valence-corrected chi connectivity index (χ4v) is 2.38. The van der Waals surface area contributed by atoms with Crippen LogP contribution in [0.2, 0.25) is 0 Å². The minimum absolute atomic E-state index is 0.00943. The van der Waals surface area contributed by atoms with E-state index in [9.17, 15) is 14.4 Å². The first-order chi connectivity index (χ1) is 12.0. The molecule has 0 bridgehead atoms. The monoisotopic (exact) mass is 333 g/mol. The molecule has 0 radical (unpaired) electrons. The summed E-state index contributed by atoms with van der Waals surface area (Å²) in [7, 11) is 0. The van der Waals surface area contributed by atoms with E-state index in [1.807, 2.05) is 6.07 Å². The van der Waals surface area contributed by atoms with Crippen LogP contribution in [0, 0.1) is 0 Å². The fraction of sp³-hybridized carbons (Fsp3) is 0.0500. The molecule has 3 aromatic rings. The number of amides is 1. The van der Waals surface area contributed by atoms with E-state index < -0.39 is 11.4 Å². The molecule has 0 unspecified atom stereocenters. The van der Waals surface area contributed by atoms with Crippen molar-refractivity contribution in [1.29, 1.82) is 0 Å². The number of anilines is 1. The van der Waals surface area contributed by atoms with Crippen LogP contribution in [0.15, 0.2) is 69.9 Å². The lowest BCUT2D eigenvalue weighted by molar-refractivity contribution is -0.114. The fourth-order valence-electron chi connectivity index (χ4n) is 2.38. The van der Waals surface area contributed by atoms with Crippen molar-refractivity contribution in [2.24, 2.45) is 0 Å². The van der Waals surface area contributed by atoms with E-state index in [-0.39, 0.29) is 11.5 Å². The standard InChI is InChI=1S/C20H15NO4/c1-13(22)21-16-9-6-14(7-10-16)8-11-18(23)17-12-15-4-2-3-5-19(15)25-20(17)24/h2-12H,1H3,(H,21,22)/b11-8+. The number of carbonyl (C=O) groups is 2. The van der Waals surface area contributed by atoms with Crippen molar-refractivity contribution in [2.45, 2.75) is 6.92 Å². The second-order valence-electron chi connectivity index (χ2n) is 5.49. The molecule has 0 aliphatic carbocycles. The molecule has 0 spiro atoms. The van der Waals surface area contributed by atoms with Gasteiger partial charge in [-0.15, -0.1) is 0 Å². The second kappa shape index (κ2) is 6.97. The maximum absolute atomic E-state index is 12.3. The lowest BCUT2D eigenvalue weighted by Crippen LogP contribution is -2.11. The van der Waals surface area contributed by atoms with Gasteiger partial charge in [0, 0.05) is 18.0 Å². The van der Waals surface area contributed by atoms with Crippen LogP contribution in [0.25, 0.3) is 17.0 Å². The van der Waals surface area contributed by atoms with Gasteiger partial charge < -0.3 is 9.73 Å². The number of fused-ring (bicyclic) bond motifs is 1. The molecule has 5 heteroatoms. The van der Waals surface area contributed by atoms with Crippen molar-refractivity contribution in [3.63, 3.8) is 0 Å². The van der Waals surface area contributed by atoms with Gasteiger partial charge in [0.15, 0.2) is 5.78 Å². The Morgan fingerprint density at radius 1 is 1.04 bits per heavy atom. The molecule has 1 amide bonds. The average molecular weight is 333 g/mol. The number of benzene rings is 2. The highest BCUT2D eigenvalue weighted by atomic mass is 16.4. The second-order valence-corrected chi connectivity index (χ2v) is 5.49. The SMILES string of the molecule is CC(=O)Nc1ccc(/C=C/C(=O)c2cc3ccccc3oc2=O)cc1. The van der Waals surface area contributed by atoms with Gasteiger partial charge in [-0.05, 0) is 35.9 Å². The highest BCUT2D eigenvalue weighted by molar-refractivity contribution is 6.07. The topological polar surface area (TPSA) is 76.4 Å². The maximum Gasteiger partial charge on any atom is 0.347 e. The van der Waals surface area contributed by atoms with Gasteiger partial charge in [-0.2, -0.15) is 0 Å². The summed E-state index contributed by atoms with van der Waals surface area (Å²) in [6.07, 6.45) is 2.93. The van der Waals surface area contributed by atoms with Crippen molar-refractivity contribution in [3.8, 4) is 0 Å². The highest BCUT2D eigenvalue weighted by Gasteiger charge is 2.10. The number of nitrogens with one attached hydrogen (secondary N) is 1. The minimum atomic E-state index is -0.658. The van der Waals surface area contributed by atoms with E-state index >= 15 is 0 Å². The van der Waals surface area contributed by atoms with Crippen molar-refractivity contribution in [2.75, 3.05) is 5.32 Å². The van der Waals surface area contributed by atoms with Gasteiger partial charge in [0.1, 0.15) is 11.1 Å². The Kier molecular flexibility index (Phi) is 4.57. The Balaban J connectivity index is 1.82. The third kappa shape index (κ3) is 3.90. The van der Waals surface area contributed by atoms with E-state index in [2.05, 4.69) is 5.32 Å². The molecule has 5 nitrogen and oxygen atoms in total. The summed E-state index contributed by atoms with van der Waals surface area (Å²) in [5.74, 6) is -0.577. The first-order valence-electron chi connectivity index (χ1n) is 7.66. The van der Waals surface area contributed by atoms with E-state index in [4.69, 9.17) is 4.42 Å². The minimum Gasteiger partial charge on any atom is -0.422 e. The molecule has 2 aromatic carbocycles. The van der Waals surface area contributed by atoms with Gasteiger partial charge in [0.05, 0.1) is 0 Å². The van der Waals surface area contributed by atoms with E-state index in [0.29, 0.717) is 16.7 Å². The quantitative estimate of drug-likeness (QED) is 0.449. The summed E-state index contributed by atoms with van der Waals surface area (Å²) >= 11 is 0. The number of hydrogen-bond acceptors (Lipinski definition) is 4. The Morgan fingerprint density at radius 3 is 2.48 bits per heavy atom. The van der Waals surface area contributed by atoms with Gasteiger partial charge in [0.2, 0.25) is 5.91 Å². The summed E-state index contributed by atoms with van der Waals surface area (Å²) in [6, 6.07) is 15.5. The van der Waals surface area contributed by atoms with Crippen LogP contribution < -0.4 is 10.9 Å². The summed E-state index contributed by atoms with van der Waals surface area (Å²) in [4.78, 5) is 35.2. The van der Waals surface area contributed by atoms with E-state index in [1.165, 1.54) is 19.1 Å². The Bertz CT molecular complexity index is 1030. The van der Waals surface area contributed by atoms with Crippen molar-refractivity contribution >= 4 is 34.4 Å². The molecule has 0 atom stereocenters. The zero-order valence-corrected chi connectivity index (χ0v) is 13.5. The molecular weight excluding hydrogens is 318 g/mol. The predicted octanol–water partition coefficient (Wildman–Crippen LogP) is 3.65. The summed E-state index contributed by atoms with van der Waals surface area (Å²) in [5.41, 5.74) is 1.22. The van der Waals surface area contributed by atoms with Crippen LogP contribution >= 0.6 is 0 Å². The third-order valence-corrected chi connectivity index (χ3v) is 3.57. The van der Waals surface area contributed by atoms with Crippen LogP contribution in [0.4, 0.5) is 5.69 Å². The van der Waals surface area contributed by atoms with Gasteiger partial charge in [-0.25, -0.2) is 4.79 Å². The molecule has 0 aliphatic heterocycles. The number of allylic oxidation sites excluding steroid dienone is 1. The first kappa shape index (κ1) is 16.4. The number of para-hydroxylation sites is 1. The molecular formula is C20H15NO4.